The lowest BCUT2D eigenvalue weighted by Crippen LogP contribution is -2.13. The maximum atomic E-state index is 12.2. The van der Waals surface area contributed by atoms with Gasteiger partial charge in [-0.25, -0.2) is 27.3 Å². The molecule has 14 heavy (non-hydrogen) atoms. The molecule has 0 bridgehead atoms. The molecule has 0 saturated heterocycles. The van der Waals surface area contributed by atoms with Crippen LogP contribution in [-0.2, 0) is 10.0 Å². The molecule has 0 aromatic carbocycles. The monoisotopic (exact) mass is 286 g/mol. The van der Waals surface area contributed by atoms with Crippen LogP contribution < -0.4 is 5.14 Å². The molecule has 0 aliphatic rings. The molecule has 2 N–H and O–H groups in total. The number of sulfonamides is 1. The Bertz CT molecular complexity index is 449. The van der Waals surface area contributed by atoms with E-state index in [1.54, 1.807) is 0 Å². The third-order valence-corrected chi connectivity index (χ3v) is 2.64. The van der Waals surface area contributed by atoms with Crippen LogP contribution >= 0.6 is 15.9 Å². The fourth-order valence-corrected chi connectivity index (χ4v) is 1.93. The van der Waals surface area contributed by atoms with Crippen molar-refractivity contribution in [2.75, 3.05) is 0 Å². The lowest BCUT2D eigenvalue weighted by molar-refractivity contribution is 0.145. The summed E-state index contributed by atoms with van der Waals surface area (Å²) in [6.07, 6.45) is -2.84. The first kappa shape index (κ1) is 11.5. The van der Waals surface area contributed by atoms with Gasteiger partial charge in [0.2, 0.25) is 10.0 Å². The second-order valence-corrected chi connectivity index (χ2v) is 4.77. The summed E-state index contributed by atoms with van der Waals surface area (Å²) in [5, 5.41) is 4.77. The molecule has 1 heterocycles. The molecule has 0 atom stereocenters. The highest BCUT2D eigenvalue weighted by Crippen LogP contribution is 2.22. The number of hydrogen-bond acceptors (Lipinski definition) is 3. The normalized spacial score (nSPS) is 12.1. The number of pyridine rings is 1. The Balaban J connectivity index is 3.35. The van der Waals surface area contributed by atoms with Gasteiger partial charge in [0.1, 0.15) is 10.3 Å². The molecular weight excluding hydrogens is 282 g/mol. The Labute approximate surface area is 87.3 Å². The number of aromatic nitrogens is 1. The Morgan fingerprint density at radius 1 is 1.43 bits per heavy atom. The first-order chi connectivity index (χ1) is 6.30. The summed E-state index contributed by atoms with van der Waals surface area (Å²) in [7, 11) is -3.98. The Morgan fingerprint density at radius 3 is 2.43 bits per heavy atom. The molecule has 0 aliphatic heterocycles. The molecule has 1 rings (SSSR count). The van der Waals surface area contributed by atoms with Gasteiger partial charge in [0.15, 0.2) is 0 Å². The SMILES string of the molecule is NS(=O)(=O)c1cc(Br)nc(C(F)F)c1. The van der Waals surface area contributed by atoms with Gasteiger partial charge in [-0.2, -0.15) is 0 Å². The Hall–Kier alpha value is -0.600. The number of primary sulfonamides is 1. The Morgan fingerprint density at radius 2 is 2.00 bits per heavy atom. The van der Waals surface area contributed by atoms with Gasteiger partial charge in [0.05, 0.1) is 4.90 Å². The summed E-state index contributed by atoms with van der Waals surface area (Å²) in [6, 6.07) is 1.80. The van der Waals surface area contributed by atoms with E-state index in [0.717, 1.165) is 12.1 Å². The number of rotatable bonds is 2. The molecule has 0 radical (unpaired) electrons. The Kier molecular flexibility index (Phi) is 3.17. The number of nitrogens with zero attached hydrogens (tertiary/aromatic N) is 1. The van der Waals surface area contributed by atoms with E-state index in [-0.39, 0.29) is 4.60 Å². The minimum atomic E-state index is -3.98. The molecule has 78 valence electrons. The van der Waals surface area contributed by atoms with Gasteiger partial charge in [0.25, 0.3) is 6.43 Å². The van der Waals surface area contributed by atoms with Crippen molar-refractivity contribution < 1.29 is 17.2 Å². The van der Waals surface area contributed by atoms with Crippen molar-refractivity contribution in [1.29, 1.82) is 0 Å². The second-order valence-electron chi connectivity index (χ2n) is 2.40. The van der Waals surface area contributed by atoms with Crippen molar-refractivity contribution in [3.05, 3.63) is 22.4 Å². The van der Waals surface area contributed by atoms with Gasteiger partial charge in [-0.1, -0.05) is 0 Å². The smallest absolute Gasteiger partial charge is 0.240 e. The van der Waals surface area contributed by atoms with Crippen LogP contribution in [0.1, 0.15) is 12.1 Å². The zero-order valence-corrected chi connectivity index (χ0v) is 9.02. The van der Waals surface area contributed by atoms with Gasteiger partial charge in [-0.3, -0.25) is 0 Å². The predicted molar refractivity (Wildman–Crippen MR) is 48.3 cm³/mol. The maximum Gasteiger partial charge on any atom is 0.280 e. The molecule has 0 amide bonds. The second kappa shape index (κ2) is 3.87. The molecule has 0 saturated carbocycles. The molecule has 0 unspecified atom stereocenters. The third-order valence-electron chi connectivity index (χ3n) is 1.34. The molecule has 0 aliphatic carbocycles. The van der Waals surface area contributed by atoms with Gasteiger partial charge < -0.3 is 0 Å². The van der Waals surface area contributed by atoms with Crippen LogP contribution in [0.3, 0.4) is 0 Å². The summed E-state index contributed by atoms with van der Waals surface area (Å²) in [4.78, 5) is 3.00. The first-order valence-corrected chi connectivity index (χ1v) is 5.63. The zero-order valence-electron chi connectivity index (χ0n) is 6.62. The molecule has 1 aromatic heterocycles. The van der Waals surface area contributed by atoms with E-state index in [4.69, 9.17) is 5.14 Å². The van der Waals surface area contributed by atoms with Crippen molar-refractivity contribution in [3.63, 3.8) is 0 Å². The highest BCUT2D eigenvalue weighted by Gasteiger charge is 2.16. The van der Waals surface area contributed by atoms with Crippen molar-refractivity contribution >= 4 is 26.0 Å². The van der Waals surface area contributed by atoms with Crippen LogP contribution in [0.25, 0.3) is 0 Å². The number of nitrogens with two attached hydrogens (primary N) is 1. The summed E-state index contributed by atoms with van der Waals surface area (Å²) >= 11 is 2.81. The molecule has 0 fully saturated rings. The van der Waals surface area contributed by atoms with Crippen molar-refractivity contribution in [3.8, 4) is 0 Å². The minimum Gasteiger partial charge on any atom is -0.240 e. The largest absolute Gasteiger partial charge is 0.280 e. The van der Waals surface area contributed by atoms with E-state index in [9.17, 15) is 17.2 Å². The van der Waals surface area contributed by atoms with Crippen molar-refractivity contribution in [1.82, 2.24) is 4.98 Å². The van der Waals surface area contributed by atoms with E-state index in [1.807, 2.05) is 0 Å². The van der Waals surface area contributed by atoms with Gasteiger partial charge in [0, 0.05) is 0 Å². The van der Waals surface area contributed by atoms with Crippen molar-refractivity contribution in [2.24, 2.45) is 5.14 Å². The van der Waals surface area contributed by atoms with Gasteiger partial charge in [-0.05, 0) is 28.1 Å². The average molecular weight is 287 g/mol. The van der Waals surface area contributed by atoms with Crippen LogP contribution in [-0.4, -0.2) is 13.4 Å². The van der Waals surface area contributed by atoms with Gasteiger partial charge in [-0.15, -0.1) is 0 Å². The maximum absolute atomic E-state index is 12.2. The fraction of sp³-hybridized carbons (Fsp3) is 0.167. The van der Waals surface area contributed by atoms with E-state index < -0.39 is 27.0 Å². The average Bonchev–Trinajstić information content (AvgIpc) is 2.01. The summed E-state index contributed by atoms with van der Waals surface area (Å²) in [6.45, 7) is 0. The first-order valence-electron chi connectivity index (χ1n) is 3.29. The van der Waals surface area contributed by atoms with E-state index in [1.165, 1.54) is 0 Å². The number of halogens is 3. The quantitative estimate of drug-likeness (QED) is 0.836. The standard InChI is InChI=1S/C6H5BrF2N2O2S/c7-5-2-3(14(10,12)13)1-4(11-5)6(8)9/h1-2,6H,(H2,10,12,13). The zero-order chi connectivity index (χ0) is 10.9. The molecular formula is C6H5BrF2N2O2S. The van der Waals surface area contributed by atoms with Crippen LogP contribution in [0.5, 0.6) is 0 Å². The van der Waals surface area contributed by atoms with E-state index >= 15 is 0 Å². The summed E-state index contributed by atoms with van der Waals surface area (Å²) < 4.78 is 46.1. The highest BCUT2D eigenvalue weighted by atomic mass is 79.9. The van der Waals surface area contributed by atoms with E-state index in [0.29, 0.717) is 0 Å². The predicted octanol–water partition coefficient (Wildman–Crippen LogP) is 1.43. The van der Waals surface area contributed by atoms with Crippen molar-refractivity contribution in [2.45, 2.75) is 11.3 Å². The van der Waals surface area contributed by atoms with Gasteiger partial charge >= 0.3 is 0 Å². The van der Waals surface area contributed by atoms with E-state index in [2.05, 4.69) is 20.9 Å². The number of hydrogen-bond donors (Lipinski definition) is 1. The molecule has 0 spiro atoms. The van der Waals surface area contributed by atoms with Crippen LogP contribution in [0.4, 0.5) is 8.78 Å². The van der Waals surface area contributed by atoms with Crippen LogP contribution in [0, 0.1) is 0 Å². The molecule has 8 heteroatoms. The third kappa shape index (κ3) is 2.69. The minimum absolute atomic E-state index is 0.000625. The topological polar surface area (TPSA) is 73.1 Å². The van der Waals surface area contributed by atoms with Crippen LogP contribution in [0.15, 0.2) is 21.6 Å². The lowest BCUT2D eigenvalue weighted by atomic mass is 10.4. The summed E-state index contributed by atoms with van der Waals surface area (Å²) in [5.74, 6) is 0. The number of alkyl halides is 2. The molecule has 1 aromatic rings. The van der Waals surface area contributed by atoms with Crippen LogP contribution in [0.2, 0.25) is 0 Å². The fourth-order valence-electron chi connectivity index (χ4n) is 0.769. The summed E-state index contributed by atoms with van der Waals surface area (Å²) in [5.41, 5.74) is -0.636. The molecule has 4 nitrogen and oxygen atoms in total. The lowest BCUT2D eigenvalue weighted by Gasteiger charge is -2.03. The highest BCUT2D eigenvalue weighted by molar-refractivity contribution is 9.10.